The molecule has 3 atom stereocenters. The smallest absolute Gasteiger partial charge is 0.291 e. The molecule has 1 N–H and O–H groups in total. The van der Waals surface area contributed by atoms with Crippen LogP contribution < -0.4 is 14.8 Å². The second-order valence-electron chi connectivity index (χ2n) is 5.89. The maximum atomic E-state index is 6.09. The Kier molecular flexibility index (Phi) is 3.95. The molecule has 4 rings (SSSR count). The van der Waals surface area contributed by atoms with E-state index in [4.69, 9.17) is 9.47 Å². The van der Waals surface area contributed by atoms with Gasteiger partial charge in [-0.05, 0) is 18.4 Å². The highest BCUT2D eigenvalue weighted by atomic mass is 32.1. The minimum Gasteiger partial charge on any atom is -0.473 e. The first-order chi connectivity index (χ1) is 10.9. The van der Waals surface area contributed by atoms with Crippen molar-refractivity contribution in [1.29, 1.82) is 0 Å². The van der Waals surface area contributed by atoms with E-state index in [1.807, 2.05) is 18.2 Å². The van der Waals surface area contributed by atoms with Gasteiger partial charge in [0.15, 0.2) is 0 Å². The molecule has 1 saturated heterocycles. The number of nitrogens with zero attached hydrogens (tertiary/aromatic N) is 2. The molecule has 2 aromatic rings. The molecule has 116 valence electrons. The maximum Gasteiger partial charge on any atom is 0.291 e. The van der Waals surface area contributed by atoms with Crippen molar-refractivity contribution in [3.8, 4) is 11.8 Å². The zero-order valence-corrected chi connectivity index (χ0v) is 13.1. The third-order valence-electron chi connectivity index (χ3n) is 4.50. The minimum atomic E-state index is 0.223. The van der Waals surface area contributed by atoms with Gasteiger partial charge in [-0.3, -0.25) is 0 Å². The molecule has 1 aliphatic carbocycles. The van der Waals surface area contributed by atoms with Gasteiger partial charge in [0, 0.05) is 24.9 Å². The molecule has 0 amide bonds. The second kappa shape index (κ2) is 6.22. The summed E-state index contributed by atoms with van der Waals surface area (Å²) in [6.07, 6.45) is 3.51. The summed E-state index contributed by atoms with van der Waals surface area (Å²) in [4.78, 5) is 0. The van der Waals surface area contributed by atoms with E-state index in [-0.39, 0.29) is 6.10 Å². The van der Waals surface area contributed by atoms with Crippen LogP contribution in [0.4, 0.5) is 0 Å². The second-order valence-corrected chi connectivity index (χ2v) is 6.42. The molecular weight excluding hydrogens is 298 g/mol. The highest BCUT2D eigenvalue weighted by Gasteiger charge is 2.44. The maximum absolute atomic E-state index is 6.09. The van der Waals surface area contributed by atoms with Crippen molar-refractivity contribution in [3.63, 3.8) is 0 Å². The number of hydrogen-bond acceptors (Lipinski definition) is 6. The zero-order chi connectivity index (χ0) is 14.8. The average Bonchev–Trinajstić information content (AvgIpc) is 3.26. The predicted octanol–water partition coefficient (Wildman–Crippen LogP) is 2.29. The van der Waals surface area contributed by atoms with Crippen LogP contribution >= 0.6 is 11.7 Å². The summed E-state index contributed by atoms with van der Waals surface area (Å²) in [7, 11) is 0. The number of nitrogens with one attached hydrogen (secondary N) is 1. The molecule has 0 spiro atoms. The fourth-order valence-corrected chi connectivity index (χ4v) is 3.78. The third-order valence-corrected chi connectivity index (χ3v) is 5.00. The number of piperidine rings is 1. The Morgan fingerprint density at radius 3 is 2.73 bits per heavy atom. The molecule has 2 bridgehead atoms. The van der Waals surface area contributed by atoms with Crippen LogP contribution in [-0.2, 0) is 6.42 Å². The standard InChI is InChI=1S/C16H19N3O2S/c1-2-4-11(5-3-1)8-9-20-15-16(19-22-18-15)21-14-12-6-7-13(14)17-10-12/h1-5,12-14,17H,6-10H2. The van der Waals surface area contributed by atoms with Crippen molar-refractivity contribution in [3.05, 3.63) is 35.9 Å². The van der Waals surface area contributed by atoms with Crippen LogP contribution in [0, 0.1) is 5.92 Å². The summed E-state index contributed by atoms with van der Waals surface area (Å²) in [6.45, 7) is 1.64. The SMILES string of the molecule is c1ccc(CCOc2nsnc2OC2C3CCC2NC3)cc1. The molecule has 2 fully saturated rings. The molecule has 1 aliphatic heterocycles. The molecule has 3 unspecified atom stereocenters. The van der Waals surface area contributed by atoms with E-state index in [9.17, 15) is 0 Å². The Balaban J connectivity index is 1.34. The van der Waals surface area contributed by atoms with Gasteiger partial charge in [-0.2, -0.15) is 0 Å². The van der Waals surface area contributed by atoms with Gasteiger partial charge in [0.2, 0.25) is 0 Å². The Hall–Kier alpha value is -1.66. The Morgan fingerprint density at radius 1 is 1.14 bits per heavy atom. The normalized spacial score (nSPS) is 26.3. The van der Waals surface area contributed by atoms with Crippen LogP contribution in [0.1, 0.15) is 18.4 Å². The Labute approximate surface area is 134 Å². The number of rotatable bonds is 6. The van der Waals surface area contributed by atoms with E-state index in [0.29, 0.717) is 30.3 Å². The lowest BCUT2D eigenvalue weighted by Gasteiger charge is -2.16. The topological polar surface area (TPSA) is 56.3 Å². The first-order valence-corrected chi connectivity index (χ1v) is 8.52. The molecule has 22 heavy (non-hydrogen) atoms. The minimum absolute atomic E-state index is 0.223. The molecule has 1 saturated carbocycles. The predicted molar refractivity (Wildman–Crippen MR) is 84.5 cm³/mol. The van der Waals surface area contributed by atoms with Crippen molar-refractivity contribution >= 4 is 11.7 Å². The van der Waals surface area contributed by atoms with Crippen LogP contribution in [0.15, 0.2) is 30.3 Å². The first kappa shape index (κ1) is 14.0. The van der Waals surface area contributed by atoms with Crippen molar-refractivity contribution in [2.75, 3.05) is 13.2 Å². The van der Waals surface area contributed by atoms with Gasteiger partial charge in [-0.1, -0.05) is 30.3 Å². The van der Waals surface area contributed by atoms with Crippen molar-refractivity contribution in [1.82, 2.24) is 14.1 Å². The van der Waals surface area contributed by atoms with Gasteiger partial charge in [-0.15, -0.1) is 8.75 Å². The monoisotopic (exact) mass is 317 g/mol. The molecular formula is C16H19N3O2S. The number of aromatic nitrogens is 2. The Morgan fingerprint density at radius 2 is 2.00 bits per heavy atom. The number of fused-ring (bicyclic) bond motifs is 2. The fraction of sp³-hybridized carbons (Fsp3) is 0.500. The molecule has 6 heteroatoms. The van der Waals surface area contributed by atoms with E-state index in [1.54, 1.807) is 0 Å². The molecule has 2 aliphatic rings. The quantitative estimate of drug-likeness (QED) is 0.886. The highest BCUT2D eigenvalue weighted by molar-refractivity contribution is 6.99. The van der Waals surface area contributed by atoms with Gasteiger partial charge in [0.05, 0.1) is 18.3 Å². The van der Waals surface area contributed by atoms with Crippen molar-refractivity contribution in [2.24, 2.45) is 5.92 Å². The summed E-state index contributed by atoms with van der Waals surface area (Å²) in [5.41, 5.74) is 1.26. The largest absolute Gasteiger partial charge is 0.473 e. The van der Waals surface area contributed by atoms with E-state index in [2.05, 4.69) is 26.2 Å². The van der Waals surface area contributed by atoms with E-state index < -0.39 is 0 Å². The summed E-state index contributed by atoms with van der Waals surface area (Å²) in [5, 5.41) is 3.49. The number of ether oxygens (including phenoxy) is 2. The molecule has 0 radical (unpaired) electrons. The highest BCUT2D eigenvalue weighted by Crippen LogP contribution is 2.36. The summed E-state index contributed by atoms with van der Waals surface area (Å²) < 4.78 is 20.3. The van der Waals surface area contributed by atoms with E-state index >= 15 is 0 Å². The van der Waals surface area contributed by atoms with Crippen LogP contribution in [0.5, 0.6) is 11.8 Å². The van der Waals surface area contributed by atoms with Gasteiger partial charge in [0.25, 0.3) is 11.8 Å². The number of hydrogen-bond donors (Lipinski definition) is 1. The molecule has 1 aromatic heterocycles. The molecule has 2 heterocycles. The van der Waals surface area contributed by atoms with Crippen LogP contribution in [0.25, 0.3) is 0 Å². The first-order valence-electron chi connectivity index (χ1n) is 7.79. The summed E-state index contributed by atoms with van der Waals surface area (Å²) in [5.74, 6) is 1.69. The van der Waals surface area contributed by atoms with Crippen LogP contribution in [-0.4, -0.2) is 34.0 Å². The van der Waals surface area contributed by atoms with Gasteiger partial charge < -0.3 is 14.8 Å². The molecule has 5 nitrogen and oxygen atoms in total. The van der Waals surface area contributed by atoms with Gasteiger partial charge in [-0.25, -0.2) is 0 Å². The fourth-order valence-electron chi connectivity index (χ4n) is 3.34. The Bertz CT molecular complexity index is 599. The van der Waals surface area contributed by atoms with Crippen LogP contribution in [0.3, 0.4) is 0 Å². The summed E-state index contributed by atoms with van der Waals surface area (Å²) >= 11 is 1.15. The van der Waals surface area contributed by atoms with Crippen molar-refractivity contribution < 1.29 is 9.47 Å². The third kappa shape index (κ3) is 2.80. The van der Waals surface area contributed by atoms with Crippen molar-refractivity contribution in [2.45, 2.75) is 31.4 Å². The van der Waals surface area contributed by atoms with Gasteiger partial charge >= 0.3 is 0 Å². The lowest BCUT2D eigenvalue weighted by molar-refractivity contribution is 0.160. The van der Waals surface area contributed by atoms with Gasteiger partial charge in [0.1, 0.15) is 6.10 Å². The van der Waals surface area contributed by atoms with Crippen LogP contribution in [0.2, 0.25) is 0 Å². The van der Waals surface area contributed by atoms with E-state index in [1.165, 1.54) is 18.4 Å². The number of benzene rings is 1. The lowest BCUT2D eigenvalue weighted by atomic mass is 10.1. The average molecular weight is 317 g/mol. The zero-order valence-electron chi connectivity index (χ0n) is 12.3. The summed E-state index contributed by atoms with van der Waals surface area (Å²) in [6, 6.07) is 10.8. The lowest BCUT2D eigenvalue weighted by Crippen LogP contribution is -2.31. The van der Waals surface area contributed by atoms with E-state index in [0.717, 1.165) is 24.7 Å². The molecule has 1 aromatic carbocycles.